The Bertz CT molecular complexity index is 756. The number of fused-ring (bicyclic) bond motifs is 5. The molecule has 138 valence electrons. The van der Waals surface area contributed by atoms with Crippen molar-refractivity contribution in [1.29, 1.82) is 0 Å². The Kier molecular flexibility index (Phi) is 4.09. The first kappa shape index (κ1) is 16.8. The van der Waals surface area contributed by atoms with E-state index in [1.807, 2.05) is 4.90 Å². The molecule has 0 aliphatic carbocycles. The zero-order chi connectivity index (χ0) is 17.8. The minimum atomic E-state index is -0.485. The fraction of sp³-hybridized carbons (Fsp3) is 0.650. The monoisotopic (exact) mass is 372 g/mol. The van der Waals surface area contributed by atoms with Gasteiger partial charge in [-0.3, -0.25) is 9.69 Å². The Hall–Kier alpha value is -1.39. The van der Waals surface area contributed by atoms with Crippen molar-refractivity contribution in [2.45, 2.75) is 37.7 Å². The highest BCUT2D eigenvalue weighted by atomic mass is 32.1. The molecule has 0 radical (unpaired) electrons. The minimum absolute atomic E-state index is 0.0763. The molecule has 5 nitrogen and oxygen atoms in total. The van der Waals surface area contributed by atoms with Gasteiger partial charge in [-0.15, -0.1) is 17.8 Å². The molecule has 0 aromatic carbocycles. The van der Waals surface area contributed by atoms with Crippen LogP contribution < -0.4 is 0 Å². The van der Waals surface area contributed by atoms with Crippen LogP contribution in [0.25, 0.3) is 0 Å². The first-order valence-corrected chi connectivity index (χ1v) is 10.4. The van der Waals surface area contributed by atoms with E-state index < -0.39 is 6.10 Å². The number of carbonyl (C=O) groups is 1. The summed E-state index contributed by atoms with van der Waals surface area (Å²) < 4.78 is 6.16. The average molecular weight is 372 g/mol. The number of likely N-dealkylation sites (tertiary alicyclic amines) is 1. The number of carbonyl (C=O) groups excluding carboxylic acids is 1. The van der Waals surface area contributed by atoms with Crippen LogP contribution in [-0.2, 0) is 22.5 Å². The lowest BCUT2D eigenvalue weighted by atomic mass is 9.82. The minimum Gasteiger partial charge on any atom is -0.390 e. The van der Waals surface area contributed by atoms with Crippen LogP contribution >= 0.6 is 11.3 Å². The molecular weight excluding hydrogens is 348 g/mol. The molecule has 1 unspecified atom stereocenters. The summed E-state index contributed by atoms with van der Waals surface area (Å²) in [4.78, 5) is 18.9. The Morgan fingerprint density at radius 1 is 1.42 bits per heavy atom. The van der Waals surface area contributed by atoms with Crippen molar-refractivity contribution in [2.75, 3.05) is 26.2 Å². The summed E-state index contributed by atoms with van der Waals surface area (Å²) in [7, 11) is 0. The summed E-state index contributed by atoms with van der Waals surface area (Å²) in [5, 5.41) is 12.9. The number of hydrogen-bond donors (Lipinski definition) is 1. The maximum atomic E-state index is 13.3. The van der Waals surface area contributed by atoms with Gasteiger partial charge >= 0.3 is 0 Å². The highest BCUT2D eigenvalue weighted by molar-refractivity contribution is 7.10. The summed E-state index contributed by atoms with van der Waals surface area (Å²) in [6, 6.07) is 2.14. The molecule has 6 atom stereocenters. The quantitative estimate of drug-likeness (QED) is 0.786. The van der Waals surface area contributed by atoms with Crippen LogP contribution in [0.4, 0.5) is 0 Å². The zero-order valence-corrected chi connectivity index (χ0v) is 15.5. The Balaban J connectivity index is 1.35. The van der Waals surface area contributed by atoms with Crippen molar-refractivity contribution in [2.24, 2.45) is 17.8 Å². The van der Waals surface area contributed by atoms with E-state index in [1.165, 1.54) is 10.4 Å². The molecule has 4 aliphatic heterocycles. The number of thiophene rings is 1. The number of rotatable bonds is 2. The molecule has 1 N–H and O–H groups in total. The topological polar surface area (TPSA) is 53.0 Å². The van der Waals surface area contributed by atoms with E-state index in [4.69, 9.17) is 11.2 Å². The number of nitrogens with zero attached hydrogens (tertiary/aromatic N) is 2. The third-order valence-electron chi connectivity index (χ3n) is 6.70. The molecule has 6 heteroatoms. The molecule has 1 aromatic heterocycles. The normalized spacial score (nSPS) is 38.7. The van der Waals surface area contributed by atoms with Gasteiger partial charge in [-0.05, 0) is 29.9 Å². The SMILES string of the molecule is C#CCN1C[C@H]2[C@H](O)[C@@H]3CC(C(=O)N4CCc5sccc5C4)[C@@H](O3)[C@H]2C1. The van der Waals surface area contributed by atoms with Crippen molar-refractivity contribution in [3.63, 3.8) is 0 Å². The van der Waals surface area contributed by atoms with Gasteiger partial charge in [0.05, 0.1) is 30.8 Å². The summed E-state index contributed by atoms with van der Waals surface area (Å²) >= 11 is 1.79. The second kappa shape index (κ2) is 6.35. The van der Waals surface area contributed by atoms with E-state index >= 15 is 0 Å². The van der Waals surface area contributed by atoms with Crippen molar-refractivity contribution in [3.05, 3.63) is 21.9 Å². The van der Waals surface area contributed by atoms with Crippen LogP contribution in [0, 0.1) is 30.1 Å². The zero-order valence-electron chi connectivity index (χ0n) is 14.7. The van der Waals surface area contributed by atoms with E-state index in [2.05, 4.69) is 22.3 Å². The maximum Gasteiger partial charge on any atom is 0.228 e. The van der Waals surface area contributed by atoms with Crippen LogP contribution in [-0.4, -0.2) is 65.3 Å². The third-order valence-corrected chi connectivity index (χ3v) is 7.72. The molecule has 26 heavy (non-hydrogen) atoms. The average Bonchev–Trinajstić information content (AvgIpc) is 3.36. The van der Waals surface area contributed by atoms with Gasteiger partial charge in [-0.2, -0.15) is 0 Å². The van der Waals surface area contributed by atoms with Crippen LogP contribution in [0.2, 0.25) is 0 Å². The van der Waals surface area contributed by atoms with Crippen molar-refractivity contribution < 1.29 is 14.6 Å². The molecule has 0 spiro atoms. The lowest BCUT2D eigenvalue weighted by molar-refractivity contribution is -0.148. The fourth-order valence-corrected chi connectivity index (χ4v) is 6.34. The van der Waals surface area contributed by atoms with Crippen molar-refractivity contribution in [1.82, 2.24) is 9.80 Å². The number of terminal acetylenes is 1. The highest BCUT2D eigenvalue weighted by Gasteiger charge is 2.58. The first-order valence-electron chi connectivity index (χ1n) is 9.49. The van der Waals surface area contributed by atoms with Crippen LogP contribution in [0.3, 0.4) is 0 Å². The lowest BCUT2D eigenvalue weighted by Crippen LogP contribution is -2.48. The summed E-state index contributed by atoms with van der Waals surface area (Å²) in [6.45, 7) is 3.74. The van der Waals surface area contributed by atoms with Gasteiger partial charge in [0, 0.05) is 42.9 Å². The molecule has 1 aromatic rings. The van der Waals surface area contributed by atoms with Crippen LogP contribution in [0.5, 0.6) is 0 Å². The van der Waals surface area contributed by atoms with Crippen LogP contribution in [0.1, 0.15) is 16.9 Å². The second-order valence-electron chi connectivity index (χ2n) is 8.08. The highest BCUT2D eigenvalue weighted by Crippen LogP contribution is 2.47. The third kappa shape index (κ3) is 2.53. The first-order chi connectivity index (χ1) is 12.7. The Labute approximate surface area is 157 Å². The predicted molar refractivity (Wildman–Crippen MR) is 98.5 cm³/mol. The lowest BCUT2D eigenvalue weighted by Gasteiger charge is -2.37. The van der Waals surface area contributed by atoms with E-state index in [1.54, 1.807) is 11.3 Å². The molecule has 2 bridgehead atoms. The van der Waals surface area contributed by atoms with Gasteiger partial charge in [0.15, 0.2) is 0 Å². The van der Waals surface area contributed by atoms with Gasteiger partial charge in [0.25, 0.3) is 0 Å². The van der Waals surface area contributed by atoms with E-state index in [9.17, 15) is 9.90 Å². The van der Waals surface area contributed by atoms with Gasteiger partial charge in [-0.25, -0.2) is 0 Å². The van der Waals surface area contributed by atoms with Gasteiger partial charge < -0.3 is 14.7 Å². The maximum absolute atomic E-state index is 13.3. The Morgan fingerprint density at radius 2 is 2.27 bits per heavy atom. The number of hydrogen-bond acceptors (Lipinski definition) is 5. The second-order valence-corrected chi connectivity index (χ2v) is 9.08. The van der Waals surface area contributed by atoms with E-state index in [-0.39, 0.29) is 35.9 Å². The van der Waals surface area contributed by atoms with Crippen LogP contribution in [0.15, 0.2) is 11.4 Å². The molecule has 5 rings (SSSR count). The summed E-state index contributed by atoms with van der Waals surface area (Å²) in [5.74, 6) is 3.15. The molecular formula is C20H24N2O3S. The number of aliphatic hydroxyl groups is 1. The molecule has 1 amide bonds. The predicted octanol–water partition coefficient (Wildman–Crippen LogP) is 0.962. The molecule has 3 fully saturated rings. The summed E-state index contributed by atoms with van der Waals surface area (Å²) in [5.41, 5.74) is 1.29. The van der Waals surface area contributed by atoms with Crippen molar-refractivity contribution in [3.8, 4) is 12.3 Å². The number of aliphatic hydroxyl groups excluding tert-OH is 1. The number of ether oxygens (including phenoxy) is 1. The molecule has 4 aliphatic rings. The standard InChI is InChI=1S/C20H24N2O3S/c1-2-5-21-10-14-15(11-21)19-13(8-16(25-19)18(14)23)20(24)22-6-3-17-12(9-22)4-7-26-17/h1,4,7,13-16,18-19,23H,3,5-6,8-11H2/t13?,14-,15+,16+,18+,19-/m1/s1. The van der Waals surface area contributed by atoms with Gasteiger partial charge in [-0.1, -0.05) is 5.92 Å². The smallest absolute Gasteiger partial charge is 0.228 e. The van der Waals surface area contributed by atoms with Crippen molar-refractivity contribution >= 4 is 17.2 Å². The van der Waals surface area contributed by atoms with E-state index in [0.29, 0.717) is 19.5 Å². The molecule has 5 heterocycles. The van der Waals surface area contributed by atoms with Gasteiger partial charge in [0.1, 0.15) is 0 Å². The van der Waals surface area contributed by atoms with Gasteiger partial charge in [0.2, 0.25) is 5.91 Å². The Morgan fingerprint density at radius 3 is 3.12 bits per heavy atom. The largest absolute Gasteiger partial charge is 0.390 e. The number of amides is 1. The fourth-order valence-electron chi connectivity index (χ4n) is 5.45. The molecule has 3 saturated heterocycles. The van der Waals surface area contributed by atoms with E-state index in [0.717, 1.165) is 26.1 Å². The summed E-state index contributed by atoms with van der Waals surface area (Å²) in [6.07, 6.45) is 6.30. The molecule has 0 saturated carbocycles.